The zero-order valence-corrected chi connectivity index (χ0v) is 14.7. The van der Waals surface area contributed by atoms with Gasteiger partial charge in [0.1, 0.15) is 0 Å². The van der Waals surface area contributed by atoms with Crippen molar-refractivity contribution in [3.63, 3.8) is 0 Å². The quantitative estimate of drug-likeness (QED) is 0.536. The fourth-order valence-corrected chi connectivity index (χ4v) is 2.90. The number of hydrogen-bond donors (Lipinski definition) is 2. The zero-order chi connectivity index (χ0) is 18.5. The lowest BCUT2D eigenvalue weighted by Gasteiger charge is -2.09. The van der Waals surface area contributed by atoms with Gasteiger partial charge in [-0.2, -0.15) is 0 Å². The van der Waals surface area contributed by atoms with Gasteiger partial charge in [0, 0.05) is 35.1 Å². The van der Waals surface area contributed by atoms with Gasteiger partial charge in [0.15, 0.2) is 0 Å². The summed E-state index contributed by atoms with van der Waals surface area (Å²) >= 11 is 0. The first-order valence-corrected chi connectivity index (χ1v) is 8.82. The van der Waals surface area contributed by atoms with Gasteiger partial charge in [0.05, 0.1) is 5.52 Å². The number of aromatic nitrogens is 1. The van der Waals surface area contributed by atoms with Gasteiger partial charge < -0.3 is 10.6 Å². The lowest BCUT2D eigenvalue weighted by Crippen LogP contribution is -2.22. The molecule has 0 saturated heterocycles. The van der Waals surface area contributed by atoms with Crippen molar-refractivity contribution in [2.75, 3.05) is 5.32 Å². The number of hydrogen-bond acceptors (Lipinski definition) is 3. The second-order valence-electron chi connectivity index (χ2n) is 6.28. The first kappa shape index (κ1) is 16.8. The molecule has 0 atom stereocenters. The zero-order valence-electron chi connectivity index (χ0n) is 14.7. The van der Waals surface area contributed by atoms with Gasteiger partial charge in [-0.05, 0) is 54.1 Å². The minimum Gasteiger partial charge on any atom is -0.356 e. The maximum Gasteiger partial charge on any atom is 0.251 e. The SMILES string of the molecule is O=C(NCc1ccc(Nc2ccccc2)cc1)c1ccc2ncccc2c1. The van der Waals surface area contributed by atoms with Gasteiger partial charge in [-0.25, -0.2) is 0 Å². The average molecular weight is 353 g/mol. The van der Waals surface area contributed by atoms with Gasteiger partial charge >= 0.3 is 0 Å². The molecule has 132 valence electrons. The maximum atomic E-state index is 12.4. The fourth-order valence-electron chi connectivity index (χ4n) is 2.90. The molecule has 0 unspecified atom stereocenters. The van der Waals surface area contributed by atoms with Crippen molar-refractivity contribution in [2.24, 2.45) is 0 Å². The molecule has 0 saturated carbocycles. The van der Waals surface area contributed by atoms with Crippen LogP contribution in [0.2, 0.25) is 0 Å². The third-order valence-electron chi connectivity index (χ3n) is 4.33. The standard InChI is InChI=1S/C23H19N3O/c27-23(19-10-13-22-18(15-19)5-4-14-24-22)25-16-17-8-11-21(12-9-17)26-20-6-2-1-3-7-20/h1-15,26H,16H2,(H,25,27). The number of carbonyl (C=O) groups is 1. The van der Waals surface area contributed by atoms with E-state index < -0.39 is 0 Å². The van der Waals surface area contributed by atoms with Gasteiger partial charge in [-0.15, -0.1) is 0 Å². The smallest absolute Gasteiger partial charge is 0.251 e. The summed E-state index contributed by atoms with van der Waals surface area (Å²) in [5.74, 6) is -0.0905. The molecule has 3 aromatic carbocycles. The lowest BCUT2D eigenvalue weighted by atomic mass is 10.1. The number of nitrogens with one attached hydrogen (secondary N) is 2. The van der Waals surface area contributed by atoms with Crippen molar-refractivity contribution in [3.8, 4) is 0 Å². The molecule has 0 aliphatic heterocycles. The van der Waals surface area contributed by atoms with Crippen LogP contribution >= 0.6 is 0 Å². The number of amides is 1. The molecule has 1 heterocycles. The third-order valence-corrected chi connectivity index (χ3v) is 4.33. The van der Waals surface area contributed by atoms with Gasteiger partial charge in [-0.1, -0.05) is 36.4 Å². The summed E-state index contributed by atoms with van der Waals surface area (Å²) in [6.45, 7) is 0.482. The van der Waals surface area contributed by atoms with Crippen molar-refractivity contribution in [1.29, 1.82) is 0 Å². The van der Waals surface area contributed by atoms with E-state index in [9.17, 15) is 4.79 Å². The van der Waals surface area contributed by atoms with E-state index in [1.54, 1.807) is 12.3 Å². The monoisotopic (exact) mass is 353 g/mol. The molecule has 0 aliphatic carbocycles. The molecule has 4 heteroatoms. The van der Waals surface area contributed by atoms with Crippen LogP contribution < -0.4 is 10.6 Å². The van der Waals surface area contributed by atoms with Crippen LogP contribution in [-0.2, 0) is 6.54 Å². The van der Waals surface area contributed by atoms with Crippen molar-refractivity contribution >= 4 is 28.2 Å². The number of fused-ring (bicyclic) bond motifs is 1. The Morgan fingerprint density at radius 1 is 0.815 bits per heavy atom. The van der Waals surface area contributed by atoms with Crippen LogP contribution in [0, 0.1) is 0 Å². The van der Waals surface area contributed by atoms with E-state index in [-0.39, 0.29) is 5.91 Å². The van der Waals surface area contributed by atoms with E-state index in [4.69, 9.17) is 0 Å². The summed E-state index contributed by atoms with van der Waals surface area (Å²) in [6.07, 6.45) is 1.75. The number of carbonyl (C=O) groups excluding carboxylic acids is 1. The number of rotatable bonds is 5. The molecule has 0 aliphatic rings. The van der Waals surface area contributed by atoms with Crippen LogP contribution in [0.1, 0.15) is 15.9 Å². The topological polar surface area (TPSA) is 54.0 Å². The van der Waals surface area contributed by atoms with E-state index in [1.807, 2.05) is 78.9 Å². The molecule has 0 radical (unpaired) electrons. The number of para-hydroxylation sites is 1. The van der Waals surface area contributed by atoms with Gasteiger partial charge in [0.2, 0.25) is 0 Å². The van der Waals surface area contributed by atoms with Crippen molar-refractivity contribution < 1.29 is 4.79 Å². The highest BCUT2D eigenvalue weighted by Crippen LogP contribution is 2.17. The highest BCUT2D eigenvalue weighted by molar-refractivity contribution is 5.97. The summed E-state index contributed by atoms with van der Waals surface area (Å²) in [5, 5.41) is 7.27. The van der Waals surface area contributed by atoms with E-state index >= 15 is 0 Å². The summed E-state index contributed by atoms with van der Waals surface area (Å²) in [4.78, 5) is 16.7. The minimum absolute atomic E-state index is 0.0905. The van der Waals surface area contributed by atoms with Crippen molar-refractivity contribution in [3.05, 3.63) is 102 Å². The highest BCUT2D eigenvalue weighted by Gasteiger charge is 2.06. The molecular formula is C23H19N3O. The predicted molar refractivity (Wildman–Crippen MR) is 109 cm³/mol. The molecule has 2 N–H and O–H groups in total. The van der Waals surface area contributed by atoms with Crippen LogP contribution in [0.25, 0.3) is 10.9 Å². The molecule has 1 amide bonds. The number of nitrogens with zero attached hydrogens (tertiary/aromatic N) is 1. The normalized spacial score (nSPS) is 10.5. The third kappa shape index (κ3) is 4.12. The summed E-state index contributed by atoms with van der Waals surface area (Å²) in [5.41, 5.74) is 4.63. The Morgan fingerprint density at radius 2 is 1.59 bits per heavy atom. The van der Waals surface area contributed by atoms with E-state index in [2.05, 4.69) is 15.6 Å². The summed E-state index contributed by atoms with van der Waals surface area (Å²) in [7, 11) is 0. The summed E-state index contributed by atoms with van der Waals surface area (Å²) in [6, 6.07) is 27.4. The van der Waals surface area contributed by atoms with E-state index in [0.29, 0.717) is 12.1 Å². The van der Waals surface area contributed by atoms with Crippen LogP contribution in [0.3, 0.4) is 0 Å². The van der Waals surface area contributed by atoms with Crippen LogP contribution in [-0.4, -0.2) is 10.9 Å². The Hall–Kier alpha value is -3.66. The minimum atomic E-state index is -0.0905. The van der Waals surface area contributed by atoms with Crippen molar-refractivity contribution in [2.45, 2.75) is 6.54 Å². The Kier molecular flexibility index (Phi) is 4.79. The maximum absolute atomic E-state index is 12.4. The van der Waals surface area contributed by atoms with Gasteiger partial charge in [-0.3, -0.25) is 9.78 Å². The Balaban J connectivity index is 1.38. The number of benzene rings is 3. The predicted octanol–water partition coefficient (Wildman–Crippen LogP) is 4.91. The Bertz CT molecular complexity index is 1060. The average Bonchev–Trinajstić information content (AvgIpc) is 2.73. The molecule has 4 nitrogen and oxygen atoms in total. The molecule has 0 spiro atoms. The molecule has 27 heavy (non-hydrogen) atoms. The summed E-state index contributed by atoms with van der Waals surface area (Å²) < 4.78 is 0. The number of anilines is 2. The second-order valence-corrected chi connectivity index (χ2v) is 6.28. The lowest BCUT2D eigenvalue weighted by molar-refractivity contribution is 0.0951. The van der Waals surface area contributed by atoms with Crippen LogP contribution in [0.15, 0.2) is 91.1 Å². The fraction of sp³-hybridized carbons (Fsp3) is 0.0435. The van der Waals surface area contributed by atoms with Crippen molar-refractivity contribution in [1.82, 2.24) is 10.3 Å². The molecule has 0 bridgehead atoms. The van der Waals surface area contributed by atoms with Crippen LogP contribution in [0.4, 0.5) is 11.4 Å². The second kappa shape index (κ2) is 7.70. The molecule has 0 fully saturated rings. The molecule has 1 aromatic heterocycles. The number of pyridine rings is 1. The van der Waals surface area contributed by atoms with Gasteiger partial charge in [0.25, 0.3) is 5.91 Å². The Labute approximate surface area is 157 Å². The van der Waals surface area contributed by atoms with Crippen LogP contribution in [0.5, 0.6) is 0 Å². The largest absolute Gasteiger partial charge is 0.356 e. The first-order chi connectivity index (χ1) is 13.3. The highest BCUT2D eigenvalue weighted by atomic mass is 16.1. The van der Waals surface area contributed by atoms with E-state index in [1.165, 1.54) is 0 Å². The van der Waals surface area contributed by atoms with E-state index in [0.717, 1.165) is 27.8 Å². The Morgan fingerprint density at radius 3 is 2.41 bits per heavy atom. The molecule has 4 rings (SSSR count). The molecular weight excluding hydrogens is 334 g/mol. The first-order valence-electron chi connectivity index (χ1n) is 8.82. The molecule has 4 aromatic rings.